The molecule has 3 aromatic carbocycles. The van der Waals surface area contributed by atoms with Crippen molar-refractivity contribution in [2.24, 2.45) is 28.6 Å². The van der Waals surface area contributed by atoms with Gasteiger partial charge in [0.15, 0.2) is 5.78 Å². The molecule has 9 atom stereocenters. The van der Waals surface area contributed by atoms with Crippen LogP contribution in [0.1, 0.15) is 164 Å². The van der Waals surface area contributed by atoms with Crippen LogP contribution in [0.15, 0.2) is 72.8 Å². The van der Waals surface area contributed by atoms with Crippen molar-refractivity contribution in [1.29, 1.82) is 0 Å². The number of carbonyl (C=O) groups is 7. The molecule has 3 aliphatic rings. The van der Waals surface area contributed by atoms with Crippen molar-refractivity contribution in [2.45, 2.75) is 169 Å². The number of hydrogen-bond donors (Lipinski definition) is 5. The van der Waals surface area contributed by atoms with Crippen molar-refractivity contribution in [3.63, 3.8) is 0 Å². The minimum Gasteiger partial charge on any atom is -0.349 e. The van der Waals surface area contributed by atoms with E-state index in [9.17, 15) is 33.6 Å². The number of likely N-dealkylation sites (N-methyl/N-ethyl adjacent to an activating group) is 1. The molecule has 71 heavy (non-hydrogen) atoms. The van der Waals surface area contributed by atoms with Gasteiger partial charge in [-0.25, -0.2) is 0 Å². The highest BCUT2D eigenvalue weighted by Gasteiger charge is 2.46. The lowest BCUT2D eigenvalue weighted by Gasteiger charge is -2.36. The highest BCUT2D eigenvalue weighted by Crippen LogP contribution is 2.36. The van der Waals surface area contributed by atoms with Crippen LogP contribution in [-0.2, 0) is 48.0 Å². The predicted octanol–water partition coefficient (Wildman–Crippen LogP) is 7.70. The van der Waals surface area contributed by atoms with E-state index in [1.54, 1.807) is 43.1 Å². The summed E-state index contributed by atoms with van der Waals surface area (Å²) in [4.78, 5) is 99.9. The zero-order valence-electron chi connectivity index (χ0n) is 43.9. The first-order valence-corrected chi connectivity index (χ1v) is 26.1. The topological polar surface area (TPSA) is 183 Å². The Morgan fingerprint density at radius 2 is 1.27 bits per heavy atom. The van der Waals surface area contributed by atoms with Gasteiger partial charge in [0.25, 0.3) is 5.91 Å². The molecule has 13 nitrogen and oxygen atoms in total. The van der Waals surface area contributed by atoms with Crippen LogP contribution in [0.4, 0.5) is 0 Å². The predicted molar refractivity (Wildman–Crippen MR) is 277 cm³/mol. The third-order valence-electron chi connectivity index (χ3n) is 15.3. The molecule has 0 aromatic heterocycles. The Morgan fingerprint density at radius 1 is 0.690 bits per heavy atom. The number of rotatable bonds is 19. The zero-order chi connectivity index (χ0) is 51.8. The summed E-state index contributed by atoms with van der Waals surface area (Å²) in [6.45, 7) is 17.1. The number of amides is 5. The Hall–Kier alpha value is -5.69. The second-order valence-electron chi connectivity index (χ2n) is 22.7. The monoisotopic (exact) mass is 973 g/mol. The van der Waals surface area contributed by atoms with Gasteiger partial charge < -0.3 is 31.5 Å². The molecule has 2 aliphatic carbocycles. The molecule has 1 heterocycles. The molecule has 3 aromatic rings. The number of fused-ring (bicyclic) bond motifs is 2. The fraction of sp³-hybridized carbons (Fsp3) is 0.569. The highest BCUT2D eigenvalue weighted by molar-refractivity contribution is 5.96. The minimum atomic E-state index is -0.875. The molecule has 1 aliphatic heterocycles. The Bertz CT molecular complexity index is 2400. The fourth-order valence-electron chi connectivity index (χ4n) is 10.5. The maximum Gasteiger partial charge on any atom is 0.251 e. The van der Waals surface area contributed by atoms with E-state index in [0.29, 0.717) is 12.0 Å². The Labute approximate surface area is 422 Å². The standard InChI is InChI=1S/C58H80N6O7/c1-11-35(2)52(67)63-51(58(7,8)9)50(66)31-41(54(69)61-46-24-16-20-38-18-12-14-22-43(38)46)30-37-26-28-40(29-27-37)53(68)60-42-32-48(55(70)62-47-25-17-21-39-19-13-15-23-44(39)47)64(34-42)56(71)45(57(4,5)6)33-49(65)36(3)59-10/h12-15,18-19,22-23,26-29,35-36,41-42,45-48,51,59H,11,16-17,20-21,24-25,30-34H2,1-10H3,(H,60,68)(H,61,69)(H,62,70)(H,63,67)/t35-,36+,41-,42+,45-,46?,47?,48+,51-/m1/s1. The lowest BCUT2D eigenvalue weighted by atomic mass is 9.76. The van der Waals surface area contributed by atoms with Gasteiger partial charge in [0.05, 0.1) is 24.2 Å². The molecule has 1 fully saturated rings. The average molecular weight is 973 g/mol. The van der Waals surface area contributed by atoms with Gasteiger partial charge in [0.1, 0.15) is 11.8 Å². The Balaban J connectivity index is 1.21. The highest BCUT2D eigenvalue weighted by atomic mass is 16.2. The van der Waals surface area contributed by atoms with Crippen LogP contribution in [0.3, 0.4) is 0 Å². The van der Waals surface area contributed by atoms with E-state index in [1.165, 1.54) is 11.1 Å². The van der Waals surface area contributed by atoms with Crippen molar-refractivity contribution in [3.05, 3.63) is 106 Å². The van der Waals surface area contributed by atoms with Gasteiger partial charge in [-0.3, -0.25) is 33.6 Å². The van der Waals surface area contributed by atoms with Gasteiger partial charge in [-0.1, -0.05) is 116 Å². The number of benzene rings is 3. The van der Waals surface area contributed by atoms with Crippen molar-refractivity contribution < 1.29 is 33.6 Å². The van der Waals surface area contributed by atoms with E-state index in [2.05, 4.69) is 38.7 Å². The molecule has 0 bridgehead atoms. The van der Waals surface area contributed by atoms with Crippen LogP contribution in [-0.4, -0.2) is 83.8 Å². The molecule has 0 spiro atoms. The van der Waals surface area contributed by atoms with Gasteiger partial charge in [0.2, 0.25) is 23.6 Å². The van der Waals surface area contributed by atoms with Gasteiger partial charge >= 0.3 is 0 Å². The summed E-state index contributed by atoms with van der Waals surface area (Å²) >= 11 is 0. The summed E-state index contributed by atoms with van der Waals surface area (Å²) in [5.41, 5.74) is 4.46. The number of nitrogens with one attached hydrogen (secondary N) is 5. The molecule has 6 rings (SSSR count). The average Bonchev–Trinajstić information content (AvgIpc) is 3.77. The molecular weight excluding hydrogens is 893 g/mol. The maximum absolute atomic E-state index is 14.7. The molecule has 5 amide bonds. The minimum absolute atomic E-state index is 0.00569. The van der Waals surface area contributed by atoms with Crippen LogP contribution < -0.4 is 26.6 Å². The SMILES string of the molecule is CC[C@@H](C)C(=O)N[C@H](C(=O)C[C@@H](Cc1ccc(C(=O)N[C@H]2C[C@@H](C(=O)NC3CCCc4ccccc43)N(C(=O)[C@@H](CC(=O)[C@H](C)NC)C(C)(C)C)C2)cc1)C(=O)NC1CCCc2ccccc21)C(C)(C)C. The summed E-state index contributed by atoms with van der Waals surface area (Å²) < 4.78 is 0. The number of carbonyl (C=O) groups excluding carboxylic acids is 7. The fourth-order valence-corrected chi connectivity index (χ4v) is 10.5. The number of Topliss-reactive ketones (excluding diaryl/α,β-unsaturated/α-hetero) is 2. The largest absolute Gasteiger partial charge is 0.349 e. The van der Waals surface area contributed by atoms with Crippen molar-refractivity contribution in [1.82, 2.24) is 31.5 Å². The van der Waals surface area contributed by atoms with Gasteiger partial charge in [-0.05, 0) is 123 Å². The second kappa shape index (κ2) is 23.7. The maximum atomic E-state index is 14.7. The molecule has 384 valence electrons. The Kier molecular flexibility index (Phi) is 18.2. The van der Waals surface area contributed by atoms with Gasteiger partial charge in [-0.15, -0.1) is 0 Å². The first-order chi connectivity index (χ1) is 33.6. The smallest absolute Gasteiger partial charge is 0.251 e. The first kappa shape index (κ1) is 54.6. The molecule has 2 unspecified atom stereocenters. The summed E-state index contributed by atoms with van der Waals surface area (Å²) in [7, 11) is 1.71. The van der Waals surface area contributed by atoms with E-state index < -0.39 is 46.8 Å². The van der Waals surface area contributed by atoms with Crippen molar-refractivity contribution >= 4 is 41.1 Å². The van der Waals surface area contributed by atoms with Crippen molar-refractivity contribution in [3.8, 4) is 0 Å². The summed E-state index contributed by atoms with van der Waals surface area (Å²) in [5.74, 6) is -3.47. The van der Waals surface area contributed by atoms with E-state index >= 15 is 0 Å². The first-order valence-electron chi connectivity index (χ1n) is 26.1. The lowest BCUT2D eigenvalue weighted by Crippen LogP contribution is -2.51. The number of nitrogens with zero attached hydrogens (tertiary/aromatic N) is 1. The van der Waals surface area contributed by atoms with E-state index in [-0.39, 0.29) is 91.3 Å². The number of ketones is 2. The summed E-state index contributed by atoms with van der Waals surface area (Å²) in [6, 6.07) is 20.1. The Morgan fingerprint density at radius 3 is 1.82 bits per heavy atom. The van der Waals surface area contributed by atoms with E-state index in [4.69, 9.17) is 0 Å². The molecular formula is C58H80N6O7. The number of hydrogen-bond acceptors (Lipinski definition) is 8. The molecule has 0 radical (unpaired) electrons. The number of aryl methyl sites for hydroxylation is 2. The number of likely N-dealkylation sites (tertiary alicyclic amines) is 1. The third kappa shape index (κ3) is 13.8. The normalized spacial score (nSPS) is 21.0. The quantitative estimate of drug-likeness (QED) is 0.0810. The second-order valence-corrected chi connectivity index (χ2v) is 22.7. The van der Waals surface area contributed by atoms with Gasteiger partial charge in [-0.2, -0.15) is 0 Å². The molecule has 13 heteroatoms. The van der Waals surface area contributed by atoms with Gasteiger partial charge in [0, 0.05) is 48.7 Å². The van der Waals surface area contributed by atoms with Crippen LogP contribution in [0.2, 0.25) is 0 Å². The molecule has 0 saturated carbocycles. The van der Waals surface area contributed by atoms with E-state index in [0.717, 1.165) is 55.2 Å². The van der Waals surface area contributed by atoms with Crippen LogP contribution in [0.25, 0.3) is 0 Å². The van der Waals surface area contributed by atoms with Crippen molar-refractivity contribution in [2.75, 3.05) is 13.6 Å². The van der Waals surface area contributed by atoms with E-state index in [1.807, 2.05) is 91.8 Å². The third-order valence-corrected chi connectivity index (χ3v) is 15.3. The lowest BCUT2D eigenvalue weighted by molar-refractivity contribution is -0.146. The zero-order valence-corrected chi connectivity index (χ0v) is 43.9. The van der Waals surface area contributed by atoms with Crippen LogP contribution in [0.5, 0.6) is 0 Å². The van der Waals surface area contributed by atoms with Crippen LogP contribution >= 0.6 is 0 Å². The molecule has 5 N–H and O–H groups in total. The summed E-state index contributed by atoms with van der Waals surface area (Å²) in [6.07, 6.45) is 6.21. The van der Waals surface area contributed by atoms with Crippen LogP contribution in [0, 0.1) is 28.6 Å². The molecule has 1 saturated heterocycles. The summed E-state index contributed by atoms with van der Waals surface area (Å²) in [5, 5.41) is 15.6.